The maximum absolute atomic E-state index is 2.39. The van der Waals surface area contributed by atoms with Crippen molar-refractivity contribution in [2.45, 2.75) is 25.7 Å². The average molecular weight is 234 g/mol. The standard InChI is InChI=1S/C18H18/c1-2-8-16-13-15-11-6-7-12-17(15)18(16)14-9-4-3-5-10-14/h3-7,9-13,18H,2,8H2,1H3. The van der Waals surface area contributed by atoms with E-state index in [4.69, 9.17) is 0 Å². The Morgan fingerprint density at radius 3 is 2.39 bits per heavy atom. The van der Waals surface area contributed by atoms with E-state index in [2.05, 4.69) is 67.6 Å². The molecule has 0 saturated heterocycles. The Morgan fingerprint density at radius 2 is 1.61 bits per heavy atom. The number of hydrogen-bond acceptors (Lipinski definition) is 0. The van der Waals surface area contributed by atoms with E-state index < -0.39 is 0 Å². The molecule has 0 amide bonds. The van der Waals surface area contributed by atoms with Crippen LogP contribution in [0.2, 0.25) is 0 Å². The molecule has 0 aromatic heterocycles. The molecule has 0 nitrogen and oxygen atoms in total. The molecule has 0 bridgehead atoms. The maximum atomic E-state index is 2.39. The SMILES string of the molecule is CCCC1=Cc2ccccc2C1c1ccccc1. The Bertz CT molecular complexity index is 564. The van der Waals surface area contributed by atoms with E-state index in [9.17, 15) is 0 Å². The van der Waals surface area contributed by atoms with Gasteiger partial charge >= 0.3 is 0 Å². The summed E-state index contributed by atoms with van der Waals surface area (Å²) in [7, 11) is 0. The highest BCUT2D eigenvalue weighted by Gasteiger charge is 2.25. The third kappa shape index (κ3) is 1.88. The molecule has 3 rings (SSSR count). The van der Waals surface area contributed by atoms with Gasteiger partial charge < -0.3 is 0 Å². The van der Waals surface area contributed by atoms with Gasteiger partial charge in [0.05, 0.1) is 0 Å². The summed E-state index contributed by atoms with van der Waals surface area (Å²) >= 11 is 0. The zero-order chi connectivity index (χ0) is 12.4. The van der Waals surface area contributed by atoms with Gasteiger partial charge in [0.25, 0.3) is 0 Å². The Morgan fingerprint density at radius 1 is 0.889 bits per heavy atom. The van der Waals surface area contributed by atoms with Crippen LogP contribution in [-0.4, -0.2) is 0 Å². The zero-order valence-electron chi connectivity index (χ0n) is 10.8. The molecule has 0 aliphatic heterocycles. The van der Waals surface area contributed by atoms with Crippen LogP contribution in [0.25, 0.3) is 6.08 Å². The molecule has 2 aromatic rings. The highest BCUT2D eigenvalue weighted by molar-refractivity contribution is 5.69. The molecule has 0 spiro atoms. The van der Waals surface area contributed by atoms with E-state index in [-0.39, 0.29) is 0 Å². The first-order valence-corrected chi connectivity index (χ1v) is 6.74. The number of rotatable bonds is 3. The summed E-state index contributed by atoms with van der Waals surface area (Å²) in [5, 5.41) is 0. The summed E-state index contributed by atoms with van der Waals surface area (Å²) in [4.78, 5) is 0. The van der Waals surface area contributed by atoms with Crippen LogP contribution in [0.15, 0.2) is 60.2 Å². The molecular weight excluding hydrogens is 216 g/mol. The lowest BCUT2D eigenvalue weighted by molar-refractivity contribution is 0.829. The lowest BCUT2D eigenvalue weighted by Crippen LogP contribution is -2.01. The molecule has 0 saturated carbocycles. The number of benzene rings is 2. The van der Waals surface area contributed by atoms with Gasteiger partial charge in [0, 0.05) is 5.92 Å². The first-order chi connectivity index (χ1) is 8.90. The molecule has 0 heteroatoms. The number of allylic oxidation sites excluding steroid dienone is 1. The van der Waals surface area contributed by atoms with Crippen LogP contribution in [0.4, 0.5) is 0 Å². The Labute approximate surface area is 109 Å². The molecule has 0 heterocycles. The second kappa shape index (κ2) is 4.81. The molecule has 0 fully saturated rings. The molecule has 0 N–H and O–H groups in total. The van der Waals surface area contributed by atoms with Crippen LogP contribution in [-0.2, 0) is 0 Å². The molecule has 18 heavy (non-hydrogen) atoms. The predicted molar refractivity (Wildman–Crippen MR) is 77.6 cm³/mol. The van der Waals surface area contributed by atoms with Gasteiger partial charge in [-0.05, 0) is 23.1 Å². The van der Waals surface area contributed by atoms with E-state index in [0.717, 1.165) is 0 Å². The monoisotopic (exact) mass is 234 g/mol. The van der Waals surface area contributed by atoms with Crippen LogP contribution >= 0.6 is 0 Å². The van der Waals surface area contributed by atoms with Crippen molar-refractivity contribution in [3.05, 3.63) is 76.9 Å². The van der Waals surface area contributed by atoms with Crippen molar-refractivity contribution < 1.29 is 0 Å². The van der Waals surface area contributed by atoms with Crippen molar-refractivity contribution in [3.63, 3.8) is 0 Å². The maximum Gasteiger partial charge on any atom is 0.0308 e. The summed E-state index contributed by atoms with van der Waals surface area (Å²) in [5.41, 5.74) is 5.84. The molecule has 0 radical (unpaired) electrons. The molecule has 90 valence electrons. The fourth-order valence-electron chi connectivity index (χ4n) is 2.93. The van der Waals surface area contributed by atoms with Gasteiger partial charge in [-0.1, -0.05) is 79.6 Å². The van der Waals surface area contributed by atoms with Gasteiger partial charge in [0.2, 0.25) is 0 Å². The van der Waals surface area contributed by atoms with Crippen LogP contribution in [0.3, 0.4) is 0 Å². The van der Waals surface area contributed by atoms with E-state index in [1.54, 1.807) is 5.57 Å². The van der Waals surface area contributed by atoms with Crippen molar-refractivity contribution in [1.82, 2.24) is 0 Å². The van der Waals surface area contributed by atoms with Gasteiger partial charge in [0.1, 0.15) is 0 Å². The number of hydrogen-bond donors (Lipinski definition) is 0. The van der Waals surface area contributed by atoms with Gasteiger partial charge in [-0.15, -0.1) is 0 Å². The van der Waals surface area contributed by atoms with Crippen LogP contribution in [0.5, 0.6) is 0 Å². The summed E-state index contributed by atoms with van der Waals surface area (Å²) < 4.78 is 0. The second-order valence-corrected chi connectivity index (χ2v) is 4.94. The second-order valence-electron chi connectivity index (χ2n) is 4.94. The Kier molecular flexibility index (Phi) is 3.02. The van der Waals surface area contributed by atoms with Crippen molar-refractivity contribution in [3.8, 4) is 0 Å². The molecular formula is C18H18. The topological polar surface area (TPSA) is 0 Å². The van der Waals surface area contributed by atoms with Crippen molar-refractivity contribution in [2.24, 2.45) is 0 Å². The molecule has 1 aliphatic carbocycles. The van der Waals surface area contributed by atoms with Gasteiger partial charge in [-0.3, -0.25) is 0 Å². The van der Waals surface area contributed by atoms with E-state index >= 15 is 0 Å². The first-order valence-electron chi connectivity index (χ1n) is 6.74. The van der Waals surface area contributed by atoms with Gasteiger partial charge in [-0.2, -0.15) is 0 Å². The van der Waals surface area contributed by atoms with Crippen molar-refractivity contribution >= 4 is 6.08 Å². The van der Waals surface area contributed by atoms with Gasteiger partial charge in [-0.25, -0.2) is 0 Å². The summed E-state index contributed by atoms with van der Waals surface area (Å²) in [5.74, 6) is 0.474. The van der Waals surface area contributed by atoms with E-state index in [1.807, 2.05) is 0 Å². The Hall–Kier alpha value is -1.82. The minimum absolute atomic E-state index is 0.474. The fourth-order valence-corrected chi connectivity index (χ4v) is 2.93. The third-order valence-corrected chi connectivity index (χ3v) is 3.69. The first kappa shape index (κ1) is 11.3. The summed E-state index contributed by atoms with van der Waals surface area (Å²) in [6.07, 6.45) is 4.79. The van der Waals surface area contributed by atoms with E-state index in [1.165, 1.54) is 29.5 Å². The molecule has 1 aliphatic rings. The third-order valence-electron chi connectivity index (χ3n) is 3.69. The minimum atomic E-state index is 0.474. The summed E-state index contributed by atoms with van der Waals surface area (Å²) in [6.45, 7) is 2.26. The smallest absolute Gasteiger partial charge is 0.0308 e. The molecule has 1 atom stereocenters. The number of fused-ring (bicyclic) bond motifs is 1. The summed E-state index contributed by atoms with van der Waals surface area (Å²) in [6, 6.07) is 19.6. The predicted octanol–water partition coefficient (Wildman–Crippen LogP) is 5.02. The molecule has 1 unspecified atom stereocenters. The van der Waals surface area contributed by atoms with E-state index in [0.29, 0.717) is 5.92 Å². The lowest BCUT2D eigenvalue weighted by Gasteiger charge is -2.17. The minimum Gasteiger partial charge on any atom is -0.0651 e. The lowest BCUT2D eigenvalue weighted by atomic mass is 9.87. The van der Waals surface area contributed by atoms with Crippen molar-refractivity contribution in [1.29, 1.82) is 0 Å². The largest absolute Gasteiger partial charge is 0.0651 e. The van der Waals surface area contributed by atoms with Crippen molar-refractivity contribution in [2.75, 3.05) is 0 Å². The highest BCUT2D eigenvalue weighted by Crippen LogP contribution is 2.42. The quantitative estimate of drug-likeness (QED) is 0.699. The molecule has 2 aromatic carbocycles. The zero-order valence-corrected chi connectivity index (χ0v) is 10.8. The Balaban J connectivity index is 2.08. The normalized spacial score (nSPS) is 17.4. The fraction of sp³-hybridized carbons (Fsp3) is 0.222. The highest BCUT2D eigenvalue weighted by atomic mass is 14.3. The van der Waals surface area contributed by atoms with Crippen LogP contribution in [0.1, 0.15) is 42.4 Å². The van der Waals surface area contributed by atoms with Gasteiger partial charge in [0.15, 0.2) is 0 Å². The van der Waals surface area contributed by atoms with Crippen LogP contribution < -0.4 is 0 Å². The average Bonchev–Trinajstić information content (AvgIpc) is 2.78. The van der Waals surface area contributed by atoms with Crippen LogP contribution in [0, 0.1) is 0 Å².